The van der Waals surface area contributed by atoms with Crippen molar-refractivity contribution < 1.29 is 4.79 Å². The SMILES string of the molecule is C=Cc1cnc(CC=O)s1. The number of thiazole rings is 1. The van der Waals surface area contributed by atoms with Crippen LogP contribution in [0.4, 0.5) is 0 Å². The van der Waals surface area contributed by atoms with Crippen LogP contribution in [0.1, 0.15) is 9.88 Å². The van der Waals surface area contributed by atoms with Gasteiger partial charge < -0.3 is 4.79 Å². The molecule has 0 atom stereocenters. The highest BCUT2D eigenvalue weighted by molar-refractivity contribution is 7.12. The van der Waals surface area contributed by atoms with Crippen LogP contribution in [0.2, 0.25) is 0 Å². The van der Waals surface area contributed by atoms with E-state index in [1.807, 2.05) is 0 Å². The summed E-state index contributed by atoms with van der Waals surface area (Å²) in [5.74, 6) is 0. The predicted octanol–water partition coefficient (Wildman–Crippen LogP) is 1.53. The van der Waals surface area contributed by atoms with Gasteiger partial charge in [-0.1, -0.05) is 12.7 Å². The molecule has 0 amide bonds. The summed E-state index contributed by atoms with van der Waals surface area (Å²) in [7, 11) is 0. The lowest BCUT2D eigenvalue weighted by Crippen LogP contribution is -1.80. The van der Waals surface area contributed by atoms with Crippen molar-refractivity contribution in [2.24, 2.45) is 0 Å². The fourth-order valence-corrected chi connectivity index (χ4v) is 1.30. The lowest BCUT2D eigenvalue weighted by Gasteiger charge is -1.78. The number of hydrogen-bond acceptors (Lipinski definition) is 3. The smallest absolute Gasteiger partial charge is 0.126 e. The first kappa shape index (κ1) is 7.15. The van der Waals surface area contributed by atoms with E-state index >= 15 is 0 Å². The van der Waals surface area contributed by atoms with Crippen LogP contribution in [0.5, 0.6) is 0 Å². The number of carbonyl (C=O) groups is 1. The van der Waals surface area contributed by atoms with Gasteiger partial charge in [-0.15, -0.1) is 11.3 Å². The van der Waals surface area contributed by atoms with Crippen LogP contribution in [0.3, 0.4) is 0 Å². The molecule has 1 rings (SSSR count). The Morgan fingerprint density at radius 2 is 2.60 bits per heavy atom. The van der Waals surface area contributed by atoms with Gasteiger partial charge in [0.05, 0.1) is 6.42 Å². The number of rotatable bonds is 3. The Morgan fingerprint density at radius 1 is 1.80 bits per heavy atom. The van der Waals surface area contributed by atoms with E-state index < -0.39 is 0 Å². The molecule has 0 aromatic carbocycles. The van der Waals surface area contributed by atoms with E-state index in [0.29, 0.717) is 6.42 Å². The van der Waals surface area contributed by atoms with E-state index in [-0.39, 0.29) is 0 Å². The standard InChI is InChI=1S/C7H7NOS/c1-2-6-5-8-7(10-6)3-4-9/h2,4-5H,1,3H2. The molecule has 0 aliphatic heterocycles. The molecule has 0 bridgehead atoms. The van der Waals surface area contributed by atoms with E-state index in [1.165, 1.54) is 11.3 Å². The molecule has 0 spiro atoms. The number of nitrogens with zero attached hydrogens (tertiary/aromatic N) is 1. The van der Waals surface area contributed by atoms with E-state index in [0.717, 1.165) is 16.2 Å². The van der Waals surface area contributed by atoms with Gasteiger partial charge in [0.15, 0.2) is 0 Å². The largest absolute Gasteiger partial charge is 0.303 e. The molecule has 2 nitrogen and oxygen atoms in total. The van der Waals surface area contributed by atoms with E-state index in [2.05, 4.69) is 11.6 Å². The second-order valence-electron chi connectivity index (χ2n) is 1.73. The minimum Gasteiger partial charge on any atom is -0.303 e. The maximum atomic E-state index is 10.0. The maximum absolute atomic E-state index is 10.0. The average Bonchev–Trinajstić information content (AvgIpc) is 2.37. The topological polar surface area (TPSA) is 30.0 Å². The van der Waals surface area contributed by atoms with Gasteiger partial charge in [0.2, 0.25) is 0 Å². The molecule has 10 heavy (non-hydrogen) atoms. The van der Waals surface area contributed by atoms with Crippen molar-refractivity contribution in [3.63, 3.8) is 0 Å². The van der Waals surface area contributed by atoms with Crippen molar-refractivity contribution in [3.8, 4) is 0 Å². The molecular weight excluding hydrogens is 146 g/mol. The van der Waals surface area contributed by atoms with Gasteiger partial charge in [0, 0.05) is 11.1 Å². The zero-order valence-electron chi connectivity index (χ0n) is 5.41. The van der Waals surface area contributed by atoms with Gasteiger partial charge in [-0.3, -0.25) is 0 Å². The zero-order chi connectivity index (χ0) is 7.40. The van der Waals surface area contributed by atoms with Crippen LogP contribution >= 0.6 is 11.3 Å². The summed E-state index contributed by atoms with van der Waals surface area (Å²) in [6.45, 7) is 3.59. The summed E-state index contributed by atoms with van der Waals surface area (Å²) >= 11 is 1.50. The van der Waals surface area contributed by atoms with Crippen LogP contribution in [0.15, 0.2) is 12.8 Å². The second-order valence-corrected chi connectivity index (χ2v) is 2.88. The minimum absolute atomic E-state index is 0.415. The van der Waals surface area contributed by atoms with Gasteiger partial charge in [-0.05, 0) is 0 Å². The Morgan fingerprint density at radius 3 is 3.10 bits per heavy atom. The van der Waals surface area contributed by atoms with Gasteiger partial charge in [0.25, 0.3) is 0 Å². The normalized spacial score (nSPS) is 9.20. The summed E-state index contributed by atoms with van der Waals surface area (Å²) in [6.07, 6.45) is 4.71. The molecule has 0 unspecified atom stereocenters. The zero-order valence-corrected chi connectivity index (χ0v) is 6.23. The average molecular weight is 153 g/mol. The lowest BCUT2D eigenvalue weighted by atomic mass is 10.5. The molecule has 1 heterocycles. The molecule has 1 aromatic heterocycles. The molecule has 0 aliphatic rings. The molecule has 0 saturated heterocycles. The van der Waals surface area contributed by atoms with Crippen LogP contribution in [-0.4, -0.2) is 11.3 Å². The van der Waals surface area contributed by atoms with Gasteiger partial charge in [-0.25, -0.2) is 4.98 Å². The van der Waals surface area contributed by atoms with Crippen LogP contribution < -0.4 is 0 Å². The van der Waals surface area contributed by atoms with Crippen molar-refractivity contribution >= 4 is 23.7 Å². The number of aldehydes is 1. The Balaban J connectivity index is 2.77. The highest BCUT2D eigenvalue weighted by Gasteiger charge is 1.96. The third-order valence-electron chi connectivity index (χ3n) is 1.03. The van der Waals surface area contributed by atoms with Crippen LogP contribution in [0.25, 0.3) is 6.08 Å². The molecule has 0 fully saturated rings. The Hall–Kier alpha value is -0.960. The molecule has 0 aliphatic carbocycles. The molecule has 52 valence electrons. The first-order valence-electron chi connectivity index (χ1n) is 2.87. The Labute approximate surface area is 63.2 Å². The lowest BCUT2D eigenvalue weighted by molar-refractivity contribution is -0.107. The van der Waals surface area contributed by atoms with Crippen molar-refractivity contribution in [2.75, 3.05) is 0 Å². The van der Waals surface area contributed by atoms with Crippen molar-refractivity contribution in [3.05, 3.63) is 22.7 Å². The number of hydrogen-bond donors (Lipinski definition) is 0. The van der Waals surface area contributed by atoms with Crippen LogP contribution in [0, 0.1) is 0 Å². The quantitative estimate of drug-likeness (QED) is 0.616. The summed E-state index contributed by atoms with van der Waals surface area (Å²) < 4.78 is 0. The van der Waals surface area contributed by atoms with Crippen molar-refractivity contribution in [2.45, 2.75) is 6.42 Å². The highest BCUT2D eigenvalue weighted by Crippen LogP contribution is 2.13. The first-order valence-corrected chi connectivity index (χ1v) is 3.69. The van der Waals surface area contributed by atoms with Crippen LogP contribution in [-0.2, 0) is 11.2 Å². The molecule has 3 heteroatoms. The summed E-state index contributed by atoms with van der Waals surface area (Å²) in [4.78, 5) is 15.0. The fraction of sp³-hybridized carbons (Fsp3) is 0.143. The maximum Gasteiger partial charge on any atom is 0.126 e. The third kappa shape index (κ3) is 1.51. The fourth-order valence-electron chi connectivity index (χ4n) is 0.584. The van der Waals surface area contributed by atoms with Gasteiger partial charge in [0.1, 0.15) is 11.3 Å². The molecular formula is C7H7NOS. The Bertz CT molecular complexity index is 242. The predicted molar refractivity (Wildman–Crippen MR) is 42.0 cm³/mol. The monoisotopic (exact) mass is 153 g/mol. The van der Waals surface area contributed by atoms with Crippen molar-refractivity contribution in [1.82, 2.24) is 4.98 Å². The number of carbonyl (C=O) groups excluding carboxylic acids is 1. The van der Waals surface area contributed by atoms with Gasteiger partial charge in [-0.2, -0.15) is 0 Å². The summed E-state index contributed by atoms with van der Waals surface area (Å²) in [6, 6.07) is 0. The van der Waals surface area contributed by atoms with Crippen molar-refractivity contribution in [1.29, 1.82) is 0 Å². The second kappa shape index (κ2) is 3.27. The minimum atomic E-state index is 0.415. The highest BCUT2D eigenvalue weighted by atomic mass is 32.1. The molecule has 0 saturated carbocycles. The first-order chi connectivity index (χ1) is 4.86. The van der Waals surface area contributed by atoms with E-state index in [1.54, 1.807) is 12.3 Å². The van der Waals surface area contributed by atoms with E-state index in [4.69, 9.17) is 0 Å². The molecule has 0 N–H and O–H groups in total. The third-order valence-corrected chi connectivity index (χ3v) is 2.05. The van der Waals surface area contributed by atoms with Gasteiger partial charge >= 0.3 is 0 Å². The molecule has 0 radical (unpaired) electrons. The summed E-state index contributed by atoms with van der Waals surface area (Å²) in [5.41, 5.74) is 0. The number of aromatic nitrogens is 1. The molecule has 1 aromatic rings. The van der Waals surface area contributed by atoms with E-state index in [9.17, 15) is 4.79 Å². The Kier molecular flexibility index (Phi) is 2.34. The summed E-state index contributed by atoms with van der Waals surface area (Å²) in [5, 5.41) is 0.852.